The van der Waals surface area contributed by atoms with Crippen molar-refractivity contribution in [1.82, 2.24) is 0 Å². The maximum absolute atomic E-state index is 12.3. The molecule has 0 saturated heterocycles. The maximum Gasteiger partial charge on any atom is 0.350 e. The van der Waals surface area contributed by atoms with Gasteiger partial charge in [0.05, 0.1) is 13.2 Å². The van der Waals surface area contributed by atoms with Crippen LogP contribution >= 0.6 is 0 Å². The van der Waals surface area contributed by atoms with Crippen LogP contribution in [0, 0.1) is 0 Å². The van der Waals surface area contributed by atoms with Crippen molar-refractivity contribution in [2.24, 2.45) is 0 Å². The van der Waals surface area contributed by atoms with Gasteiger partial charge in [-0.15, -0.1) is 0 Å². The number of rotatable bonds is 9. The minimum Gasteiger partial charge on any atom is -0.494 e. The second-order valence-corrected chi connectivity index (χ2v) is 5.63. The van der Waals surface area contributed by atoms with Crippen LogP contribution in [-0.2, 0) is 9.53 Å². The van der Waals surface area contributed by atoms with Crippen molar-refractivity contribution >= 4 is 5.97 Å². The number of benzene rings is 2. The average molecular weight is 328 g/mol. The number of carbonyl (C=O) groups excluding carboxylic acids is 1. The van der Waals surface area contributed by atoms with Gasteiger partial charge in [0.15, 0.2) is 0 Å². The fourth-order valence-electron chi connectivity index (χ4n) is 2.34. The first-order chi connectivity index (χ1) is 11.6. The summed E-state index contributed by atoms with van der Waals surface area (Å²) in [6, 6.07) is 18.9. The Labute approximate surface area is 143 Å². The zero-order chi connectivity index (χ0) is 17.3. The highest BCUT2D eigenvalue weighted by atomic mass is 16.6. The number of hydrogen-bond acceptors (Lipinski definition) is 4. The van der Waals surface area contributed by atoms with E-state index in [4.69, 9.17) is 14.2 Å². The summed E-state index contributed by atoms with van der Waals surface area (Å²) in [5.41, 5.74) is -1.03. The highest BCUT2D eigenvalue weighted by Gasteiger charge is 2.37. The number of carbonyl (C=O) groups is 1. The molecule has 4 heteroatoms. The molecular formula is C20H24O4. The molecule has 0 amide bonds. The molecule has 0 aliphatic carbocycles. The van der Waals surface area contributed by atoms with E-state index in [0.29, 0.717) is 31.8 Å². The lowest BCUT2D eigenvalue weighted by Crippen LogP contribution is -2.43. The van der Waals surface area contributed by atoms with Crippen LogP contribution in [0.2, 0.25) is 0 Å². The standard InChI is InChI=1S/C20H24O4/c1-3-22-19(21)20(2,24-18-13-8-5-9-14-18)15-10-16-23-17-11-6-4-7-12-17/h4-9,11-14H,3,10,15-16H2,1-2H3. The zero-order valence-corrected chi connectivity index (χ0v) is 14.2. The molecule has 24 heavy (non-hydrogen) atoms. The van der Waals surface area contributed by atoms with Crippen LogP contribution in [0.1, 0.15) is 26.7 Å². The molecule has 0 saturated carbocycles. The molecule has 0 spiro atoms. The van der Waals surface area contributed by atoms with Crippen LogP contribution in [0.15, 0.2) is 60.7 Å². The minimum atomic E-state index is -1.03. The average Bonchev–Trinajstić information content (AvgIpc) is 2.61. The molecule has 1 unspecified atom stereocenters. The van der Waals surface area contributed by atoms with Gasteiger partial charge in [0.2, 0.25) is 5.60 Å². The highest BCUT2D eigenvalue weighted by Crippen LogP contribution is 2.24. The van der Waals surface area contributed by atoms with Crippen molar-refractivity contribution in [2.75, 3.05) is 13.2 Å². The first kappa shape index (κ1) is 17.9. The van der Waals surface area contributed by atoms with E-state index < -0.39 is 5.60 Å². The summed E-state index contributed by atoms with van der Waals surface area (Å²) in [4.78, 5) is 12.3. The van der Waals surface area contributed by atoms with Gasteiger partial charge in [-0.1, -0.05) is 36.4 Å². The van der Waals surface area contributed by atoms with E-state index in [0.717, 1.165) is 5.75 Å². The van der Waals surface area contributed by atoms with Gasteiger partial charge in [-0.2, -0.15) is 0 Å². The number of ether oxygens (including phenoxy) is 3. The lowest BCUT2D eigenvalue weighted by atomic mass is 10.00. The van der Waals surface area contributed by atoms with E-state index in [9.17, 15) is 4.79 Å². The Balaban J connectivity index is 1.94. The fourth-order valence-corrected chi connectivity index (χ4v) is 2.34. The first-order valence-electron chi connectivity index (χ1n) is 8.23. The van der Waals surface area contributed by atoms with E-state index >= 15 is 0 Å². The number of para-hydroxylation sites is 2. The van der Waals surface area contributed by atoms with E-state index in [1.165, 1.54) is 0 Å². The third-order valence-corrected chi connectivity index (χ3v) is 3.60. The van der Waals surface area contributed by atoms with Crippen molar-refractivity contribution < 1.29 is 19.0 Å². The van der Waals surface area contributed by atoms with Crippen molar-refractivity contribution in [2.45, 2.75) is 32.3 Å². The smallest absolute Gasteiger partial charge is 0.350 e. The van der Waals surface area contributed by atoms with Crippen molar-refractivity contribution in [1.29, 1.82) is 0 Å². The summed E-state index contributed by atoms with van der Waals surface area (Å²) < 4.78 is 16.8. The Hall–Kier alpha value is -2.49. The molecule has 1 atom stereocenters. The predicted molar refractivity (Wildman–Crippen MR) is 93.3 cm³/mol. The van der Waals surface area contributed by atoms with Gasteiger partial charge in [-0.3, -0.25) is 0 Å². The second kappa shape index (κ2) is 8.96. The number of hydrogen-bond donors (Lipinski definition) is 0. The molecule has 128 valence electrons. The van der Waals surface area contributed by atoms with Crippen LogP contribution < -0.4 is 9.47 Å². The molecule has 2 aromatic carbocycles. The van der Waals surface area contributed by atoms with Gasteiger partial charge >= 0.3 is 5.97 Å². The largest absolute Gasteiger partial charge is 0.494 e. The summed E-state index contributed by atoms with van der Waals surface area (Å²) in [6.07, 6.45) is 1.19. The van der Waals surface area contributed by atoms with Gasteiger partial charge in [0, 0.05) is 6.42 Å². The monoisotopic (exact) mass is 328 g/mol. The van der Waals surface area contributed by atoms with E-state index in [2.05, 4.69) is 0 Å². The molecule has 0 aromatic heterocycles. The van der Waals surface area contributed by atoms with Crippen molar-refractivity contribution in [3.05, 3.63) is 60.7 Å². The SMILES string of the molecule is CCOC(=O)C(C)(CCCOc1ccccc1)Oc1ccccc1. The van der Waals surface area contributed by atoms with Crippen molar-refractivity contribution in [3.63, 3.8) is 0 Å². The maximum atomic E-state index is 12.3. The molecule has 0 heterocycles. The first-order valence-corrected chi connectivity index (χ1v) is 8.23. The number of esters is 1. The molecule has 2 rings (SSSR count). The minimum absolute atomic E-state index is 0.326. The second-order valence-electron chi connectivity index (χ2n) is 5.63. The molecule has 0 aliphatic rings. The third-order valence-electron chi connectivity index (χ3n) is 3.60. The van der Waals surface area contributed by atoms with Crippen molar-refractivity contribution in [3.8, 4) is 11.5 Å². The Morgan fingerprint density at radius 1 is 0.958 bits per heavy atom. The lowest BCUT2D eigenvalue weighted by Gasteiger charge is -2.28. The van der Waals surface area contributed by atoms with Crippen LogP contribution in [-0.4, -0.2) is 24.8 Å². The molecule has 4 nitrogen and oxygen atoms in total. The van der Waals surface area contributed by atoms with Gasteiger partial charge in [-0.25, -0.2) is 4.79 Å². The summed E-state index contributed by atoms with van der Waals surface area (Å²) in [5.74, 6) is 1.12. The van der Waals surface area contributed by atoms with E-state index in [1.54, 1.807) is 13.8 Å². The Bertz CT molecular complexity index is 612. The Morgan fingerprint density at radius 3 is 2.12 bits per heavy atom. The quantitative estimate of drug-likeness (QED) is 0.510. The summed E-state index contributed by atoms with van der Waals surface area (Å²) in [6.45, 7) is 4.39. The molecule has 0 N–H and O–H groups in total. The molecule has 0 aliphatic heterocycles. The third kappa shape index (κ3) is 5.30. The molecule has 0 radical (unpaired) electrons. The van der Waals surface area contributed by atoms with Crippen LogP contribution in [0.3, 0.4) is 0 Å². The van der Waals surface area contributed by atoms with Gasteiger partial charge in [0.1, 0.15) is 11.5 Å². The zero-order valence-electron chi connectivity index (χ0n) is 14.2. The molecule has 0 fully saturated rings. The Morgan fingerprint density at radius 2 is 1.54 bits per heavy atom. The van der Waals surface area contributed by atoms with Crippen LogP contribution in [0.25, 0.3) is 0 Å². The Kier molecular flexibility index (Phi) is 6.67. The normalized spacial score (nSPS) is 12.9. The molecule has 2 aromatic rings. The lowest BCUT2D eigenvalue weighted by molar-refractivity contribution is -0.161. The fraction of sp³-hybridized carbons (Fsp3) is 0.350. The van der Waals surface area contributed by atoms with Crippen LogP contribution in [0.4, 0.5) is 0 Å². The summed E-state index contributed by atoms with van der Waals surface area (Å²) >= 11 is 0. The van der Waals surface area contributed by atoms with Gasteiger partial charge < -0.3 is 14.2 Å². The van der Waals surface area contributed by atoms with Crippen LogP contribution in [0.5, 0.6) is 11.5 Å². The van der Waals surface area contributed by atoms with Gasteiger partial charge in [0.25, 0.3) is 0 Å². The van der Waals surface area contributed by atoms with E-state index in [-0.39, 0.29) is 5.97 Å². The topological polar surface area (TPSA) is 44.8 Å². The van der Waals surface area contributed by atoms with Gasteiger partial charge in [-0.05, 0) is 44.5 Å². The van der Waals surface area contributed by atoms with E-state index in [1.807, 2.05) is 60.7 Å². The summed E-state index contributed by atoms with van der Waals surface area (Å²) in [7, 11) is 0. The summed E-state index contributed by atoms with van der Waals surface area (Å²) in [5, 5.41) is 0. The predicted octanol–water partition coefficient (Wildman–Crippen LogP) is 4.25. The molecule has 0 bridgehead atoms. The molecular weight excluding hydrogens is 304 g/mol. The highest BCUT2D eigenvalue weighted by molar-refractivity contribution is 5.79.